The van der Waals surface area contributed by atoms with Crippen LogP contribution in [0, 0.1) is 0 Å². The zero-order chi connectivity index (χ0) is 13.2. The Balaban J connectivity index is 1.79. The molecule has 6 nitrogen and oxygen atoms in total. The number of carbonyl (C=O) groups excluding carboxylic acids is 2. The minimum absolute atomic E-state index is 0.0668. The summed E-state index contributed by atoms with van der Waals surface area (Å²) in [5.74, 6) is -0.145. The molecule has 2 amide bonds. The first-order valence-corrected chi connectivity index (χ1v) is 6.19. The van der Waals surface area contributed by atoms with Gasteiger partial charge in [-0.1, -0.05) is 6.07 Å². The molecule has 6 heteroatoms. The lowest BCUT2D eigenvalue weighted by Gasteiger charge is -2.17. The summed E-state index contributed by atoms with van der Waals surface area (Å²) in [5, 5.41) is 2.58. The van der Waals surface area contributed by atoms with E-state index in [0.29, 0.717) is 19.5 Å². The van der Waals surface area contributed by atoms with Crippen molar-refractivity contribution in [1.29, 1.82) is 0 Å². The molecular formula is C13H14N4O2. The lowest BCUT2D eigenvalue weighted by atomic mass is 10.3. The van der Waals surface area contributed by atoms with E-state index in [-0.39, 0.29) is 18.4 Å². The van der Waals surface area contributed by atoms with Crippen LogP contribution in [0.1, 0.15) is 12.1 Å². The van der Waals surface area contributed by atoms with Gasteiger partial charge in [0.1, 0.15) is 5.65 Å². The van der Waals surface area contributed by atoms with Crippen LogP contribution in [0.4, 0.5) is 0 Å². The first-order chi connectivity index (χ1) is 9.22. The minimum Gasteiger partial charge on any atom is -0.347 e. The van der Waals surface area contributed by atoms with Crippen LogP contribution in [0.15, 0.2) is 30.6 Å². The second-order valence-electron chi connectivity index (χ2n) is 4.54. The van der Waals surface area contributed by atoms with Crippen molar-refractivity contribution in [3.05, 3.63) is 36.3 Å². The lowest BCUT2D eigenvalue weighted by Crippen LogP contribution is -2.34. The van der Waals surface area contributed by atoms with Crippen molar-refractivity contribution in [2.75, 3.05) is 13.1 Å². The fourth-order valence-corrected chi connectivity index (χ4v) is 2.16. The molecule has 3 heterocycles. The van der Waals surface area contributed by atoms with Crippen LogP contribution in [0.5, 0.6) is 0 Å². The number of aromatic nitrogens is 2. The van der Waals surface area contributed by atoms with Gasteiger partial charge in [0, 0.05) is 25.4 Å². The van der Waals surface area contributed by atoms with Crippen LogP contribution in [-0.2, 0) is 16.1 Å². The van der Waals surface area contributed by atoms with E-state index in [1.54, 1.807) is 4.90 Å². The van der Waals surface area contributed by atoms with Gasteiger partial charge < -0.3 is 14.6 Å². The average Bonchev–Trinajstić information content (AvgIpc) is 2.75. The van der Waals surface area contributed by atoms with Crippen molar-refractivity contribution in [2.45, 2.75) is 13.0 Å². The zero-order valence-electron chi connectivity index (χ0n) is 10.4. The summed E-state index contributed by atoms with van der Waals surface area (Å²) in [5.41, 5.74) is 1.68. The number of amides is 2. The largest absolute Gasteiger partial charge is 0.347 e. The van der Waals surface area contributed by atoms with Crippen molar-refractivity contribution in [3.63, 3.8) is 0 Å². The third kappa shape index (κ3) is 2.42. The Kier molecular flexibility index (Phi) is 2.91. The molecule has 0 saturated carbocycles. The minimum atomic E-state index is -0.0779. The molecule has 1 saturated heterocycles. The van der Waals surface area contributed by atoms with Crippen molar-refractivity contribution in [2.24, 2.45) is 0 Å². The molecule has 1 fully saturated rings. The standard InChI is InChI=1S/C13H14N4O2/c18-12-4-6-17(13(19)7-14-12)9-10-8-16-5-2-1-3-11(16)15-10/h1-3,5,8H,4,6-7,9H2,(H,14,18). The Bertz CT molecular complexity index is 601. The van der Waals surface area contributed by atoms with Gasteiger partial charge in [-0.3, -0.25) is 9.59 Å². The summed E-state index contributed by atoms with van der Waals surface area (Å²) in [4.78, 5) is 29.2. The summed E-state index contributed by atoms with van der Waals surface area (Å²) in [6, 6.07) is 5.77. The fraction of sp³-hybridized carbons (Fsp3) is 0.308. The van der Waals surface area contributed by atoms with E-state index in [0.717, 1.165) is 11.3 Å². The van der Waals surface area contributed by atoms with Crippen molar-refractivity contribution in [3.8, 4) is 0 Å². The Morgan fingerprint density at radius 2 is 2.21 bits per heavy atom. The van der Waals surface area contributed by atoms with Gasteiger partial charge in [-0.25, -0.2) is 4.98 Å². The van der Waals surface area contributed by atoms with E-state index in [1.807, 2.05) is 35.0 Å². The zero-order valence-corrected chi connectivity index (χ0v) is 10.4. The number of hydrogen-bond acceptors (Lipinski definition) is 3. The van der Waals surface area contributed by atoms with Gasteiger partial charge in [0.2, 0.25) is 11.8 Å². The van der Waals surface area contributed by atoms with E-state index < -0.39 is 0 Å². The fourth-order valence-electron chi connectivity index (χ4n) is 2.16. The van der Waals surface area contributed by atoms with Gasteiger partial charge in [-0.15, -0.1) is 0 Å². The summed E-state index contributed by atoms with van der Waals surface area (Å²) in [6.45, 7) is 0.959. The summed E-state index contributed by atoms with van der Waals surface area (Å²) >= 11 is 0. The highest BCUT2D eigenvalue weighted by Gasteiger charge is 2.20. The van der Waals surface area contributed by atoms with Crippen molar-refractivity contribution < 1.29 is 9.59 Å². The molecule has 2 aromatic heterocycles. The van der Waals surface area contributed by atoms with Crippen molar-refractivity contribution >= 4 is 17.5 Å². The molecule has 0 bridgehead atoms. The van der Waals surface area contributed by atoms with E-state index in [1.165, 1.54) is 0 Å². The average molecular weight is 258 g/mol. The number of nitrogens with zero attached hydrogens (tertiary/aromatic N) is 3. The van der Waals surface area contributed by atoms with Crippen LogP contribution in [0.2, 0.25) is 0 Å². The van der Waals surface area contributed by atoms with Crippen LogP contribution < -0.4 is 5.32 Å². The van der Waals surface area contributed by atoms with E-state index in [9.17, 15) is 9.59 Å². The molecule has 19 heavy (non-hydrogen) atoms. The topological polar surface area (TPSA) is 66.7 Å². The molecule has 0 aliphatic carbocycles. The quantitative estimate of drug-likeness (QED) is 0.835. The van der Waals surface area contributed by atoms with Crippen LogP contribution in [-0.4, -0.2) is 39.2 Å². The Morgan fingerprint density at radius 3 is 3.05 bits per heavy atom. The Labute approximate surface area is 110 Å². The number of fused-ring (bicyclic) bond motifs is 1. The molecule has 0 unspecified atom stereocenters. The van der Waals surface area contributed by atoms with Gasteiger partial charge >= 0.3 is 0 Å². The second kappa shape index (κ2) is 4.72. The molecule has 1 aliphatic heterocycles. The maximum atomic E-state index is 11.9. The summed E-state index contributed by atoms with van der Waals surface area (Å²) in [7, 11) is 0. The van der Waals surface area contributed by atoms with Crippen LogP contribution in [0.25, 0.3) is 5.65 Å². The molecule has 0 atom stereocenters. The molecule has 0 spiro atoms. The summed E-state index contributed by atoms with van der Waals surface area (Å²) in [6.07, 6.45) is 4.17. The number of pyridine rings is 1. The maximum absolute atomic E-state index is 11.9. The predicted octanol–water partition coefficient (Wildman–Crippen LogP) is 0.183. The SMILES string of the molecule is O=C1CCN(Cc2cn3ccccc3n2)C(=O)CN1. The molecule has 98 valence electrons. The van der Waals surface area contributed by atoms with Gasteiger partial charge in [-0.05, 0) is 12.1 Å². The molecular weight excluding hydrogens is 244 g/mol. The highest BCUT2D eigenvalue weighted by atomic mass is 16.2. The highest BCUT2D eigenvalue weighted by Crippen LogP contribution is 2.09. The van der Waals surface area contributed by atoms with Crippen LogP contribution in [0.3, 0.4) is 0 Å². The molecule has 0 aromatic carbocycles. The number of carbonyl (C=O) groups is 2. The molecule has 3 rings (SSSR count). The van der Waals surface area contributed by atoms with Gasteiger partial charge in [0.05, 0.1) is 18.8 Å². The van der Waals surface area contributed by atoms with Gasteiger partial charge in [0.25, 0.3) is 0 Å². The Hall–Kier alpha value is -2.37. The Morgan fingerprint density at radius 1 is 1.32 bits per heavy atom. The number of rotatable bonds is 2. The van der Waals surface area contributed by atoms with Crippen LogP contribution >= 0.6 is 0 Å². The number of nitrogens with one attached hydrogen (secondary N) is 1. The maximum Gasteiger partial charge on any atom is 0.242 e. The number of imidazole rings is 1. The van der Waals surface area contributed by atoms with E-state index >= 15 is 0 Å². The third-order valence-corrected chi connectivity index (χ3v) is 3.17. The van der Waals surface area contributed by atoms with E-state index in [2.05, 4.69) is 10.3 Å². The molecule has 0 radical (unpaired) electrons. The van der Waals surface area contributed by atoms with Gasteiger partial charge in [0.15, 0.2) is 0 Å². The van der Waals surface area contributed by atoms with Crippen molar-refractivity contribution in [1.82, 2.24) is 19.6 Å². The smallest absolute Gasteiger partial charge is 0.242 e. The second-order valence-corrected chi connectivity index (χ2v) is 4.54. The lowest BCUT2D eigenvalue weighted by molar-refractivity contribution is -0.130. The first kappa shape index (κ1) is 11.7. The molecule has 2 aromatic rings. The number of hydrogen-bond donors (Lipinski definition) is 1. The molecule has 1 aliphatic rings. The predicted molar refractivity (Wildman–Crippen MR) is 68.2 cm³/mol. The monoisotopic (exact) mass is 258 g/mol. The normalized spacial score (nSPS) is 16.5. The van der Waals surface area contributed by atoms with E-state index in [4.69, 9.17) is 0 Å². The first-order valence-electron chi connectivity index (χ1n) is 6.19. The third-order valence-electron chi connectivity index (χ3n) is 3.17. The van der Waals surface area contributed by atoms with Gasteiger partial charge in [-0.2, -0.15) is 0 Å². The summed E-state index contributed by atoms with van der Waals surface area (Å²) < 4.78 is 1.92. The highest BCUT2D eigenvalue weighted by molar-refractivity contribution is 5.87. The molecule has 1 N–H and O–H groups in total.